The lowest BCUT2D eigenvalue weighted by Gasteiger charge is -2.18. The number of carbonyl (C=O) groups excluding carboxylic acids is 1. The van der Waals surface area contributed by atoms with E-state index in [0.29, 0.717) is 17.2 Å². The third-order valence-electron chi connectivity index (χ3n) is 4.67. The van der Waals surface area contributed by atoms with Crippen LogP contribution in [0.1, 0.15) is 31.9 Å². The van der Waals surface area contributed by atoms with Crippen LogP contribution in [0, 0.1) is 0 Å². The molecule has 0 spiro atoms. The van der Waals surface area contributed by atoms with Gasteiger partial charge in [0.15, 0.2) is 5.65 Å². The Labute approximate surface area is 167 Å². The Kier molecular flexibility index (Phi) is 5.25. The number of hydrogen-bond donors (Lipinski definition) is 2. The van der Waals surface area contributed by atoms with Crippen molar-refractivity contribution in [1.29, 1.82) is 0 Å². The van der Waals surface area contributed by atoms with Gasteiger partial charge in [0, 0.05) is 10.9 Å². The summed E-state index contributed by atoms with van der Waals surface area (Å²) in [6.45, 7) is 3.97. The lowest BCUT2D eigenvalue weighted by atomic mass is 10.1. The Hall–Kier alpha value is -2.93. The number of carbonyl (C=O) groups is 1. The summed E-state index contributed by atoms with van der Waals surface area (Å²) in [4.78, 5) is 20.6. The first-order chi connectivity index (χ1) is 13.7. The summed E-state index contributed by atoms with van der Waals surface area (Å²) in [6, 6.07) is 17.8. The van der Waals surface area contributed by atoms with Crippen molar-refractivity contribution in [3.8, 4) is 0 Å². The largest absolute Gasteiger partial charge is 0.349 e. The van der Waals surface area contributed by atoms with E-state index in [1.54, 1.807) is 0 Å². The highest BCUT2D eigenvalue weighted by molar-refractivity contribution is 8.00. The fourth-order valence-electron chi connectivity index (χ4n) is 3.14. The Morgan fingerprint density at radius 2 is 1.86 bits per heavy atom. The number of aromatic amines is 1. The Morgan fingerprint density at radius 3 is 2.64 bits per heavy atom. The Balaban J connectivity index is 1.51. The van der Waals surface area contributed by atoms with Crippen LogP contribution in [0.4, 0.5) is 0 Å². The van der Waals surface area contributed by atoms with Crippen LogP contribution in [0.15, 0.2) is 59.8 Å². The number of nitrogens with one attached hydrogen (secondary N) is 2. The van der Waals surface area contributed by atoms with Crippen LogP contribution in [0.3, 0.4) is 0 Å². The summed E-state index contributed by atoms with van der Waals surface area (Å²) in [6.07, 6.45) is 0.673. The monoisotopic (exact) mass is 391 g/mol. The average molecular weight is 392 g/mol. The highest BCUT2D eigenvalue weighted by Gasteiger charge is 2.22. The molecule has 2 heterocycles. The van der Waals surface area contributed by atoms with Gasteiger partial charge in [-0.1, -0.05) is 67.2 Å². The summed E-state index contributed by atoms with van der Waals surface area (Å²) < 4.78 is 0. The molecular weight excluding hydrogens is 370 g/mol. The molecule has 0 aliphatic heterocycles. The highest BCUT2D eigenvalue weighted by atomic mass is 32.2. The van der Waals surface area contributed by atoms with E-state index in [0.717, 1.165) is 22.0 Å². The van der Waals surface area contributed by atoms with Gasteiger partial charge in [-0.05, 0) is 25.0 Å². The molecular formula is C21H21N5OS. The zero-order valence-electron chi connectivity index (χ0n) is 15.7. The lowest BCUT2D eigenvalue weighted by Crippen LogP contribution is -2.34. The first kappa shape index (κ1) is 18.4. The number of aromatic nitrogens is 4. The van der Waals surface area contributed by atoms with Crippen molar-refractivity contribution >= 4 is 39.7 Å². The summed E-state index contributed by atoms with van der Waals surface area (Å²) in [7, 11) is 0. The van der Waals surface area contributed by atoms with Crippen molar-refractivity contribution in [2.75, 3.05) is 0 Å². The molecule has 4 rings (SSSR count). The quantitative estimate of drug-likeness (QED) is 0.480. The Bertz CT molecular complexity index is 1110. The van der Waals surface area contributed by atoms with Crippen molar-refractivity contribution < 1.29 is 4.79 Å². The number of fused-ring (bicyclic) bond motifs is 3. The van der Waals surface area contributed by atoms with Gasteiger partial charge in [-0.2, -0.15) is 0 Å². The van der Waals surface area contributed by atoms with Crippen molar-refractivity contribution in [3.05, 3.63) is 60.2 Å². The molecule has 2 aromatic carbocycles. The summed E-state index contributed by atoms with van der Waals surface area (Å²) >= 11 is 1.34. The molecule has 0 saturated heterocycles. The molecule has 2 N–H and O–H groups in total. The zero-order valence-corrected chi connectivity index (χ0v) is 16.5. The smallest absolute Gasteiger partial charge is 0.234 e. The number of H-pyrrole nitrogens is 1. The average Bonchev–Trinajstić information content (AvgIpc) is 3.10. The van der Waals surface area contributed by atoms with Gasteiger partial charge < -0.3 is 10.3 Å². The second kappa shape index (κ2) is 7.98. The second-order valence-electron chi connectivity index (χ2n) is 6.62. The van der Waals surface area contributed by atoms with E-state index in [2.05, 4.69) is 25.5 Å². The normalized spacial score (nSPS) is 13.5. The fraction of sp³-hybridized carbons (Fsp3) is 0.238. The van der Waals surface area contributed by atoms with E-state index in [9.17, 15) is 4.79 Å². The number of amides is 1. The van der Waals surface area contributed by atoms with Gasteiger partial charge in [-0.15, -0.1) is 10.2 Å². The first-order valence-electron chi connectivity index (χ1n) is 9.29. The molecule has 0 saturated carbocycles. The van der Waals surface area contributed by atoms with E-state index >= 15 is 0 Å². The number of hydrogen-bond acceptors (Lipinski definition) is 5. The molecule has 7 heteroatoms. The molecule has 142 valence electrons. The van der Waals surface area contributed by atoms with Crippen molar-refractivity contribution in [2.24, 2.45) is 0 Å². The third-order valence-corrected chi connectivity index (χ3v) is 5.89. The van der Waals surface area contributed by atoms with Gasteiger partial charge in [0.05, 0.1) is 11.3 Å². The molecule has 4 aromatic rings. The van der Waals surface area contributed by atoms with Crippen LogP contribution in [0.5, 0.6) is 0 Å². The van der Waals surface area contributed by atoms with Crippen molar-refractivity contribution in [1.82, 2.24) is 25.5 Å². The molecule has 6 nitrogen and oxygen atoms in total. The van der Waals surface area contributed by atoms with Gasteiger partial charge in [0.25, 0.3) is 0 Å². The maximum Gasteiger partial charge on any atom is 0.234 e. The van der Waals surface area contributed by atoms with E-state index in [1.807, 2.05) is 68.4 Å². The standard InChI is InChI=1S/C21H21N5OS/c1-3-17(20(27)22-13(2)14-9-5-4-6-10-14)28-21-24-19-18(25-26-21)15-11-7-8-12-16(15)23-19/h4-13,17H,3H2,1-2H3,(H,22,27)(H,23,24,26)/t13-,17+/m0/s1. The summed E-state index contributed by atoms with van der Waals surface area (Å²) in [5, 5.41) is 12.9. The van der Waals surface area contributed by atoms with Gasteiger partial charge in [-0.3, -0.25) is 4.79 Å². The minimum Gasteiger partial charge on any atom is -0.349 e. The van der Waals surface area contributed by atoms with Crippen LogP contribution in [0.2, 0.25) is 0 Å². The molecule has 28 heavy (non-hydrogen) atoms. The molecule has 0 bridgehead atoms. The van der Waals surface area contributed by atoms with E-state index in [-0.39, 0.29) is 17.2 Å². The van der Waals surface area contributed by atoms with Gasteiger partial charge in [0.2, 0.25) is 11.1 Å². The second-order valence-corrected chi connectivity index (χ2v) is 7.79. The molecule has 0 fully saturated rings. The topological polar surface area (TPSA) is 83.6 Å². The molecule has 1 amide bonds. The van der Waals surface area contributed by atoms with Crippen LogP contribution >= 0.6 is 11.8 Å². The van der Waals surface area contributed by atoms with Crippen LogP contribution in [-0.4, -0.2) is 31.3 Å². The van der Waals surface area contributed by atoms with Crippen LogP contribution in [-0.2, 0) is 4.79 Å². The van der Waals surface area contributed by atoms with Gasteiger partial charge in [0.1, 0.15) is 5.52 Å². The molecule has 2 atom stereocenters. The number of benzene rings is 2. The van der Waals surface area contributed by atoms with Crippen molar-refractivity contribution in [2.45, 2.75) is 36.7 Å². The van der Waals surface area contributed by atoms with Crippen molar-refractivity contribution in [3.63, 3.8) is 0 Å². The van der Waals surface area contributed by atoms with E-state index < -0.39 is 0 Å². The number of rotatable bonds is 6. The zero-order chi connectivity index (χ0) is 19.5. The molecule has 0 radical (unpaired) electrons. The van der Waals surface area contributed by atoms with E-state index in [1.165, 1.54) is 11.8 Å². The summed E-state index contributed by atoms with van der Waals surface area (Å²) in [5.41, 5.74) is 3.48. The lowest BCUT2D eigenvalue weighted by molar-refractivity contribution is -0.121. The first-order valence-corrected chi connectivity index (χ1v) is 10.2. The predicted molar refractivity (Wildman–Crippen MR) is 112 cm³/mol. The number of thioether (sulfide) groups is 1. The number of para-hydroxylation sites is 1. The number of nitrogens with zero attached hydrogens (tertiary/aromatic N) is 3. The van der Waals surface area contributed by atoms with Crippen LogP contribution in [0.25, 0.3) is 22.1 Å². The predicted octanol–water partition coefficient (Wildman–Crippen LogP) is 4.25. The minimum absolute atomic E-state index is 0.0239. The minimum atomic E-state index is -0.283. The maximum absolute atomic E-state index is 12.8. The summed E-state index contributed by atoms with van der Waals surface area (Å²) in [5.74, 6) is -0.0239. The SMILES string of the molecule is CC[C@@H](Sc1nnc2c(n1)[nH]c1ccccc12)C(=O)N[C@@H](C)c1ccccc1. The van der Waals surface area contributed by atoms with Gasteiger partial charge >= 0.3 is 0 Å². The molecule has 0 unspecified atom stereocenters. The fourth-order valence-corrected chi connectivity index (χ4v) is 3.96. The molecule has 0 aliphatic rings. The van der Waals surface area contributed by atoms with E-state index in [4.69, 9.17) is 0 Å². The highest BCUT2D eigenvalue weighted by Crippen LogP contribution is 2.26. The van der Waals surface area contributed by atoms with Crippen LogP contribution < -0.4 is 5.32 Å². The molecule has 2 aromatic heterocycles. The Morgan fingerprint density at radius 1 is 1.11 bits per heavy atom. The molecule has 0 aliphatic carbocycles. The maximum atomic E-state index is 12.8. The van der Waals surface area contributed by atoms with Gasteiger partial charge in [-0.25, -0.2) is 4.98 Å². The third kappa shape index (κ3) is 3.71.